The molecule has 5 heteroatoms. The second kappa shape index (κ2) is 7.38. The number of ether oxygens (including phenoxy) is 1. The molecule has 0 aromatic carbocycles. The Morgan fingerprint density at radius 3 is 2.80 bits per heavy atom. The lowest BCUT2D eigenvalue weighted by atomic mass is 10.2. The molecule has 20 heavy (non-hydrogen) atoms. The van der Waals surface area contributed by atoms with Crippen molar-refractivity contribution in [2.24, 2.45) is 0 Å². The number of rotatable bonds is 6. The molecule has 0 aliphatic carbocycles. The monoisotopic (exact) mass is 283 g/mol. The van der Waals surface area contributed by atoms with Crippen LogP contribution in [0, 0.1) is 0 Å². The maximum atomic E-state index is 12.4. The molecule has 5 nitrogen and oxygen atoms in total. The minimum atomic E-state index is -0.00239. The molecule has 2 aliphatic heterocycles. The van der Waals surface area contributed by atoms with Crippen molar-refractivity contribution in [1.29, 1.82) is 0 Å². The molecular formula is C15H29N3O2. The third-order valence-corrected chi connectivity index (χ3v) is 4.39. The highest BCUT2D eigenvalue weighted by Crippen LogP contribution is 2.19. The van der Waals surface area contributed by atoms with Gasteiger partial charge in [-0.1, -0.05) is 27.2 Å². The Bertz CT molecular complexity index is 324. The minimum absolute atomic E-state index is 0.00239. The van der Waals surface area contributed by atoms with E-state index in [1.165, 1.54) is 0 Å². The Balaban J connectivity index is 1.96. The van der Waals surface area contributed by atoms with E-state index in [1.807, 2.05) is 4.90 Å². The van der Waals surface area contributed by atoms with E-state index < -0.39 is 0 Å². The number of hydrogen-bond acceptors (Lipinski definition) is 4. The van der Waals surface area contributed by atoms with Crippen molar-refractivity contribution >= 4 is 5.91 Å². The molecule has 0 aromatic rings. The SMILES string of the molecule is CCCC1NC(CC)C(=O)N1CC1CN(CC)CCO1. The first-order chi connectivity index (χ1) is 9.69. The Morgan fingerprint density at radius 2 is 2.15 bits per heavy atom. The number of hydrogen-bond donors (Lipinski definition) is 1. The quantitative estimate of drug-likeness (QED) is 0.791. The number of carbonyl (C=O) groups excluding carboxylic acids is 1. The van der Waals surface area contributed by atoms with Gasteiger partial charge in [0.15, 0.2) is 0 Å². The van der Waals surface area contributed by atoms with Crippen LogP contribution >= 0.6 is 0 Å². The van der Waals surface area contributed by atoms with E-state index in [1.54, 1.807) is 0 Å². The average Bonchev–Trinajstić information content (AvgIpc) is 2.76. The van der Waals surface area contributed by atoms with Crippen molar-refractivity contribution in [2.45, 2.75) is 58.3 Å². The largest absolute Gasteiger partial charge is 0.374 e. The summed E-state index contributed by atoms with van der Waals surface area (Å²) in [5, 5.41) is 3.46. The second-order valence-corrected chi connectivity index (χ2v) is 5.81. The summed E-state index contributed by atoms with van der Waals surface area (Å²) < 4.78 is 5.85. The molecule has 0 bridgehead atoms. The molecule has 3 atom stereocenters. The van der Waals surface area contributed by atoms with Gasteiger partial charge in [0, 0.05) is 19.6 Å². The Kier molecular flexibility index (Phi) is 5.81. The molecule has 0 saturated carbocycles. The molecule has 0 radical (unpaired) electrons. The highest BCUT2D eigenvalue weighted by molar-refractivity contribution is 5.84. The third kappa shape index (κ3) is 3.51. The Labute approximate surface area is 122 Å². The van der Waals surface area contributed by atoms with E-state index in [-0.39, 0.29) is 24.2 Å². The van der Waals surface area contributed by atoms with Crippen molar-refractivity contribution in [1.82, 2.24) is 15.1 Å². The fourth-order valence-electron chi connectivity index (χ4n) is 3.17. The number of amides is 1. The lowest BCUT2D eigenvalue weighted by Gasteiger charge is -2.35. The Hall–Kier alpha value is -0.650. The zero-order valence-electron chi connectivity index (χ0n) is 13.1. The van der Waals surface area contributed by atoms with Gasteiger partial charge in [-0.2, -0.15) is 0 Å². The summed E-state index contributed by atoms with van der Waals surface area (Å²) in [6.45, 7) is 10.9. The first-order valence-corrected chi connectivity index (χ1v) is 8.10. The predicted octanol–water partition coefficient (Wildman–Crippen LogP) is 1.04. The van der Waals surface area contributed by atoms with Gasteiger partial charge < -0.3 is 9.64 Å². The number of likely N-dealkylation sites (N-methyl/N-ethyl adjacent to an activating group) is 1. The van der Waals surface area contributed by atoms with Crippen LogP contribution in [0.1, 0.15) is 40.0 Å². The standard InChI is InChI=1S/C15H29N3O2/c1-4-7-14-16-13(5-2)15(19)18(14)11-12-10-17(6-3)8-9-20-12/h12-14,16H,4-11H2,1-3H3. The first-order valence-electron chi connectivity index (χ1n) is 8.10. The van der Waals surface area contributed by atoms with Crippen LogP contribution in [0.15, 0.2) is 0 Å². The zero-order chi connectivity index (χ0) is 14.5. The number of morpholine rings is 1. The van der Waals surface area contributed by atoms with Crippen molar-refractivity contribution in [3.63, 3.8) is 0 Å². The molecule has 0 aromatic heterocycles. The molecule has 2 rings (SSSR count). The summed E-state index contributed by atoms with van der Waals surface area (Å²) >= 11 is 0. The summed E-state index contributed by atoms with van der Waals surface area (Å²) in [5.74, 6) is 0.253. The van der Waals surface area contributed by atoms with Crippen molar-refractivity contribution in [2.75, 3.05) is 32.8 Å². The summed E-state index contributed by atoms with van der Waals surface area (Å²) in [6.07, 6.45) is 3.32. The zero-order valence-corrected chi connectivity index (χ0v) is 13.1. The topological polar surface area (TPSA) is 44.8 Å². The number of nitrogens with zero attached hydrogens (tertiary/aromatic N) is 2. The van der Waals surface area contributed by atoms with Crippen molar-refractivity contribution < 1.29 is 9.53 Å². The van der Waals surface area contributed by atoms with Gasteiger partial charge in [0.1, 0.15) is 0 Å². The lowest BCUT2D eigenvalue weighted by Crippen LogP contribution is -2.50. The van der Waals surface area contributed by atoms with E-state index in [0.29, 0.717) is 0 Å². The minimum Gasteiger partial charge on any atom is -0.374 e. The molecule has 1 N–H and O–H groups in total. The fraction of sp³-hybridized carbons (Fsp3) is 0.933. The summed E-state index contributed by atoms with van der Waals surface area (Å²) in [4.78, 5) is 16.9. The predicted molar refractivity (Wildman–Crippen MR) is 79.5 cm³/mol. The molecule has 2 saturated heterocycles. The van der Waals surface area contributed by atoms with Gasteiger partial charge >= 0.3 is 0 Å². The second-order valence-electron chi connectivity index (χ2n) is 5.81. The molecular weight excluding hydrogens is 254 g/mol. The number of nitrogens with one attached hydrogen (secondary N) is 1. The molecule has 1 amide bonds. The maximum absolute atomic E-state index is 12.4. The van der Waals surface area contributed by atoms with Gasteiger partial charge in [-0.3, -0.25) is 15.0 Å². The van der Waals surface area contributed by atoms with Crippen LogP contribution in [-0.2, 0) is 9.53 Å². The average molecular weight is 283 g/mol. The lowest BCUT2D eigenvalue weighted by molar-refractivity contribution is -0.133. The van der Waals surface area contributed by atoms with Crippen LogP contribution < -0.4 is 5.32 Å². The van der Waals surface area contributed by atoms with Gasteiger partial charge in [0.25, 0.3) is 0 Å². The highest BCUT2D eigenvalue weighted by Gasteiger charge is 2.38. The molecule has 2 heterocycles. The first kappa shape index (κ1) is 15.7. The summed E-state index contributed by atoms with van der Waals surface area (Å²) in [6, 6.07) is -0.00239. The van der Waals surface area contributed by atoms with Gasteiger partial charge in [-0.25, -0.2) is 0 Å². The molecule has 3 unspecified atom stereocenters. The summed E-state index contributed by atoms with van der Waals surface area (Å²) in [7, 11) is 0. The highest BCUT2D eigenvalue weighted by atomic mass is 16.5. The van der Waals surface area contributed by atoms with Crippen molar-refractivity contribution in [3.05, 3.63) is 0 Å². The third-order valence-electron chi connectivity index (χ3n) is 4.39. The molecule has 0 spiro atoms. The van der Waals surface area contributed by atoms with E-state index in [9.17, 15) is 4.79 Å². The van der Waals surface area contributed by atoms with Crippen LogP contribution in [0.4, 0.5) is 0 Å². The normalized spacial score (nSPS) is 32.0. The van der Waals surface area contributed by atoms with Crippen LogP contribution in [0.5, 0.6) is 0 Å². The molecule has 116 valence electrons. The van der Waals surface area contributed by atoms with Gasteiger partial charge in [0.05, 0.1) is 24.9 Å². The van der Waals surface area contributed by atoms with Crippen molar-refractivity contribution in [3.8, 4) is 0 Å². The van der Waals surface area contributed by atoms with E-state index in [0.717, 1.165) is 52.0 Å². The van der Waals surface area contributed by atoms with Gasteiger partial charge in [-0.05, 0) is 19.4 Å². The van der Waals surface area contributed by atoms with Crippen LogP contribution in [0.2, 0.25) is 0 Å². The number of carbonyl (C=O) groups is 1. The smallest absolute Gasteiger partial charge is 0.241 e. The van der Waals surface area contributed by atoms with E-state index >= 15 is 0 Å². The summed E-state index contributed by atoms with van der Waals surface area (Å²) in [5.41, 5.74) is 0. The maximum Gasteiger partial charge on any atom is 0.241 e. The van der Waals surface area contributed by atoms with Gasteiger partial charge in [-0.15, -0.1) is 0 Å². The van der Waals surface area contributed by atoms with Crippen LogP contribution in [0.25, 0.3) is 0 Å². The van der Waals surface area contributed by atoms with Crippen LogP contribution in [0.3, 0.4) is 0 Å². The van der Waals surface area contributed by atoms with Crippen LogP contribution in [-0.4, -0.2) is 66.8 Å². The van der Waals surface area contributed by atoms with E-state index in [2.05, 4.69) is 31.0 Å². The van der Waals surface area contributed by atoms with E-state index in [4.69, 9.17) is 4.74 Å². The molecule has 2 fully saturated rings. The Morgan fingerprint density at radius 1 is 1.35 bits per heavy atom. The van der Waals surface area contributed by atoms with Gasteiger partial charge in [0.2, 0.25) is 5.91 Å². The molecule has 2 aliphatic rings. The fourth-order valence-corrected chi connectivity index (χ4v) is 3.17.